The molecule has 0 spiro atoms. The second-order valence-electron chi connectivity index (χ2n) is 6.75. The first-order chi connectivity index (χ1) is 13.5. The lowest BCUT2D eigenvalue weighted by Crippen LogP contribution is -2.15. The van der Waals surface area contributed by atoms with Crippen molar-refractivity contribution in [3.8, 4) is 5.75 Å². The van der Waals surface area contributed by atoms with E-state index in [2.05, 4.69) is 32.7 Å². The van der Waals surface area contributed by atoms with Crippen molar-refractivity contribution in [2.45, 2.75) is 33.4 Å². The fourth-order valence-electron chi connectivity index (χ4n) is 2.54. The molecule has 0 aliphatic heterocycles. The van der Waals surface area contributed by atoms with Gasteiger partial charge in [-0.15, -0.1) is 0 Å². The van der Waals surface area contributed by atoms with E-state index in [0.717, 1.165) is 11.3 Å². The topological polar surface area (TPSA) is 76.1 Å². The Labute approximate surface area is 165 Å². The third-order valence-electron chi connectivity index (χ3n) is 3.94. The van der Waals surface area contributed by atoms with Crippen molar-refractivity contribution in [2.24, 2.45) is 0 Å². The summed E-state index contributed by atoms with van der Waals surface area (Å²) >= 11 is 0. The molecule has 2 aromatic carbocycles. The molecule has 1 heterocycles. The van der Waals surface area contributed by atoms with Crippen LogP contribution in [0.4, 0.5) is 11.6 Å². The minimum Gasteiger partial charge on any atom is -0.491 e. The zero-order valence-corrected chi connectivity index (χ0v) is 16.3. The molecular formula is C22H24N4O2. The lowest BCUT2D eigenvalue weighted by molar-refractivity contribution is 0.102. The molecule has 0 bridgehead atoms. The molecule has 0 radical (unpaired) electrons. The molecule has 28 heavy (non-hydrogen) atoms. The van der Waals surface area contributed by atoms with Crippen LogP contribution in [0.15, 0.2) is 60.8 Å². The number of nitrogens with zero attached hydrogens (tertiary/aromatic N) is 2. The fourth-order valence-corrected chi connectivity index (χ4v) is 2.54. The highest BCUT2D eigenvalue weighted by Gasteiger charge is 2.10. The van der Waals surface area contributed by atoms with E-state index in [0.29, 0.717) is 23.9 Å². The van der Waals surface area contributed by atoms with Crippen molar-refractivity contribution in [3.05, 3.63) is 77.6 Å². The van der Waals surface area contributed by atoms with Crippen LogP contribution in [0.1, 0.15) is 35.5 Å². The maximum absolute atomic E-state index is 12.5. The van der Waals surface area contributed by atoms with Crippen LogP contribution >= 0.6 is 0 Å². The van der Waals surface area contributed by atoms with E-state index in [9.17, 15) is 4.79 Å². The van der Waals surface area contributed by atoms with Crippen LogP contribution in [0.2, 0.25) is 0 Å². The molecule has 0 saturated carbocycles. The average Bonchev–Trinajstić information content (AvgIpc) is 2.69. The summed E-state index contributed by atoms with van der Waals surface area (Å²) in [4.78, 5) is 21.0. The molecule has 144 valence electrons. The summed E-state index contributed by atoms with van der Waals surface area (Å²) in [5.41, 5.74) is 3.30. The van der Waals surface area contributed by atoms with E-state index in [-0.39, 0.29) is 12.0 Å². The monoisotopic (exact) mass is 376 g/mol. The Balaban J connectivity index is 1.60. The number of anilines is 2. The van der Waals surface area contributed by atoms with Gasteiger partial charge in [-0.1, -0.05) is 29.8 Å². The van der Waals surface area contributed by atoms with Gasteiger partial charge < -0.3 is 15.4 Å². The highest BCUT2D eigenvalue weighted by atomic mass is 16.5. The maximum Gasteiger partial charge on any atom is 0.274 e. The number of aromatic nitrogens is 2. The number of carbonyl (C=O) groups excluding carboxylic acids is 1. The molecule has 2 N–H and O–H groups in total. The molecule has 0 fully saturated rings. The summed E-state index contributed by atoms with van der Waals surface area (Å²) in [5.74, 6) is 0.879. The Morgan fingerprint density at radius 3 is 2.43 bits per heavy atom. The molecule has 1 aromatic heterocycles. The molecule has 1 amide bonds. The number of hydrogen-bond donors (Lipinski definition) is 2. The summed E-state index contributed by atoms with van der Waals surface area (Å²) in [6.07, 6.45) is 1.67. The van der Waals surface area contributed by atoms with E-state index < -0.39 is 0 Å². The van der Waals surface area contributed by atoms with Gasteiger partial charge >= 0.3 is 0 Å². The van der Waals surface area contributed by atoms with Crippen LogP contribution in [-0.2, 0) is 6.54 Å². The number of rotatable bonds is 7. The molecule has 3 rings (SSSR count). The fraction of sp³-hybridized carbons (Fsp3) is 0.227. The first-order valence-corrected chi connectivity index (χ1v) is 9.20. The number of nitrogens with one attached hydrogen (secondary N) is 2. The quantitative estimate of drug-likeness (QED) is 0.638. The van der Waals surface area contributed by atoms with Crippen molar-refractivity contribution >= 4 is 17.5 Å². The van der Waals surface area contributed by atoms with E-state index in [1.807, 2.05) is 45.0 Å². The summed E-state index contributed by atoms with van der Waals surface area (Å²) in [5, 5.41) is 5.98. The normalized spacial score (nSPS) is 10.6. The third-order valence-corrected chi connectivity index (χ3v) is 3.94. The SMILES string of the molecule is Cc1ccc(CNc2nccc(C(=O)Nc3ccc(OC(C)C)cc3)n2)cc1. The van der Waals surface area contributed by atoms with Crippen LogP contribution in [-0.4, -0.2) is 22.0 Å². The first-order valence-electron chi connectivity index (χ1n) is 9.20. The van der Waals surface area contributed by atoms with Gasteiger partial charge in [0.2, 0.25) is 5.95 Å². The van der Waals surface area contributed by atoms with Gasteiger partial charge in [-0.3, -0.25) is 4.79 Å². The van der Waals surface area contributed by atoms with Crippen molar-refractivity contribution < 1.29 is 9.53 Å². The van der Waals surface area contributed by atoms with Gasteiger partial charge in [-0.25, -0.2) is 9.97 Å². The van der Waals surface area contributed by atoms with Crippen molar-refractivity contribution in [2.75, 3.05) is 10.6 Å². The standard InChI is InChI=1S/C22H24N4O2/c1-15(2)28-19-10-8-18(9-11-19)25-21(27)20-12-13-23-22(26-20)24-14-17-6-4-16(3)5-7-17/h4-13,15H,14H2,1-3H3,(H,25,27)(H,23,24,26). The van der Waals surface area contributed by atoms with Crippen LogP contribution in [0.25, 0.3) is 0 Å². The van der Waals surface area contributed by atoms with E-state index in [4.69, 9.17) is 4.74 Å². The van der Waals surface area contributed by atoms with Crippen molar-refractivity contribution in [1.29, 1.82) is 0 Å². The molecule has 6 nitrogen and oxygen atoms in total. The van der Waals surface area contributed by atoms with Crippen LogP contribution < -0.4 is 15.4 Å². The minimum atomic E-state index is -0.293. The largest absolute Gasteiger partial charge is 0.491 e. The smallest absolute Gasteiger partial charge is 0.274 e. The predicted octanol–water partition coefficient (Wildman–Crippen LogP) is 4.44. The van der Waals surface area contributed by atoms with Crippen molar-refractivity contribution in [1.82, 2.24) is 9.97 Å². The number of ether oxygens (including phenoxy) is 1. The van der Waals surface area contributed by atoms with Crippen molar-refractivity contribution in [3.63, 3.8) is 0 Å². The zero-order chi connectivity index (χ0) is 19.9. The zero-order valence-electron chi connectivity index (χ0n) is 16.3. The molecule has 0 unspecified atom stereocenters. The van der Waals surface area contributed by atoms with Gasteiger partial charge in [0.1, 0.15) is 11.4 Å². The van der Waals surface area contributed by atoms with E-state index in [1.165, 1.54) is 5.56 Å². The third kappa shape index (κ3) is 5.54. The van der Waals surface area contributed by atoms with Crippen LogP contribution in [0, 0.1) is 6.92 Å². The Hall–Kier alpha value is -3.41. The lowest BCUT2D eigenvalue weighted by Gasteiger charge is -2.11. The Kier molecular flexibility index (Phi) is 6.22. The number of aryl methyl sites for hydroxylation is 1. The van der Waals surface area contributed by atoms with Gasteiger partial charge in [0.05, 0.1) is 6.10 Å². The first kappa shape index (κ1) is 19.4. The van der Waals surface area contributed by atoms with Crippen LogP contribution in [0.3, 0.4) is 0 Å². The molecular weight excluding hydrogens is 352 g/mol. The number of amides is 1. The second kappa shape index (κ2) is 8.99. The van der Waals surface area contributed by atoms with Gasteiger partial charge in [0, 0.05) is 18.4 Å². The molecule has 0 aliphatic rings. The van der Waals surface area contributed by atoms with Gasteiger partial charge in [-0.2, -0.15) is 0 Å². The Bertz CT molecular complexity index is 922. The number of hydrogen-bond acceptors (Lipinski definition) is 5. The lowest BCUT2D eigenvalue weighted by atomic mass is 10.1. The molecule has 3 aromatic rings. The predicted molar refractivity (Wildman–Crippen MR) is 111 cm³/mol. The van der Waals surface area contributed by atoms with Gasteiger partial charge in [0.15, 0.2) is 0 Å². The van der Waals surface area contributed by atoms with Gasteiger partial charge in [-0.05, 0) is 56.7 Å². The molecule has 0 saturated heterocycles. The summed E-state index contributed by atoms with van der Waals surface area (Å²) < 4.78 is 5.60. The number of carbonyl (C=O) groups is 1. The molecule has 6 heteroatoms. The van der Waals surface area contributed by atoms with Gasteiger partial charge in [0.25, 0.3) is 5.91 Å². The maximum atomic E-state index is 12.5. The Morgan fingerprint density at radius 2 is 1.75 bits per heavy atom. The van der Waals surface area contributed by atoms with E-state index in [1.54, 1.807) is 24.4 Å². The second-order valence-corrected chi connectivity index (χ2v) is 6.75. The summed E-state index contributed by atoms with van der Waals surface area (Å²) in [6.45, 7) is 6.57. The minimum absolute atomic E-state index is 0.104. The van der Waals surface area contributed by atoms with Crippen LogP contribution in [0.5, 0.6) is 5.75 Å². The summed E-state index contributed by atoms with van der Waals surface area (Å²) in [6, 6.07) is 17.0. The Morgan fingerprint density at radius 1 is 1.04 bits per heavy atom. The highest BCUT2D eigenvalue weighted by molar-refractivity contribution is 6.02. The number of benzene rings is 2. The molecule has 0 atom stereocenters. The van der Waals surface area contributed by atoms with E-state index >= 15 is 0 Å². The molecule has 0 aliphatic carbocycles. The average molecular weight is 376 g/mol. The highest BCUT2D eigenvalue weighted by Crippen LogP contribution is 2.17. The summed E-state index contributed by atoms with van der Waals surface area (Å²) in [7, 11) is 0.